The number of carbonyl (C=O) groups is 2. The van der Waals surface area contributed by atoms with E-state index < -0.39 is 5.92 Å². The number of hydrogen-bond donors (Lipinski definition) is 0. The van der Waals surface area contributed by atoms with Crippen molar-refractivity contribution in [1.82, 2.24) is 0 Å². The molecular formula is C38H44O2. The van der Waals surface area contributed by atoms with E-state index in [9.17, 15) is 9.59 Å². The lowest BCUT2D eigenvalue weighted by atomic mass is 9.48. The van der Waals surface area contributed by atoms with Crippen molar-refractivity contribution in [2.75, 3.05) is 0 Å². The summed E-state index contributed by atoms with van der Waals surface area (Å²) in [4.78, 5) is 26.9. The van der Waals surface area contributed by atoms with Crippen LogP contribution in [-0.4, -0.2) is 11.6 Å². The van der Waals surface area contributed by atoms with Crippen LogP contribution in [0, 0.1) is 41.4 Å². The predicted molar refractivity (Wildman–Crippen MR) is 157 cm³/mol. The number of aryl methyl sites for hydroxylation is 1. The Morgan fingerprint density at radius 1 is 0.650 bits per heavy atom. The van der Waals surface area contributed by atoms with Crippen molar-refractivity contribution in [3.05, 3.63) is 70.3 Å². The van der Waals surface area contributed by atoms with Gasteiger partial charge in [0, 0.05) is 12.0 Å². The average molecular weight is 533 g/mol. The van der Waals surface area contributed by atoms with Gasteiger partial charge in [-0.1, -0.05) is 36.4 Å². The minimum atomic E-state index is -0.465. The van der Waals surface area contributed by atoms with Crippen LogP contribution >= 0.6 is 0 Å². The minimum Gasteiger partial charge on any atom is -0.299 e. The van der Waals surface area contributed by atoms with E-state index in [1.807, 2.05) is 0 Å². The molecule has 9 aliphatic carbocycles. The minimum absolute atomic E-state index is 0.101. The van der Waals surface area contributed by atoms with Crippen molar-refractivity contribution in [3.63, 3.8) is 0 Å². The molecule has 1 unspecified atom stereocenters. The van der Waals surface area contributed by atoms with Gasteiger partial charge in [0.2, 0.25) is 0 Å². The zero-order chi connectivity index (χ0) is 26.6. The first-order valence-electron chi connectivity index (χ1n) is 16.7. The number of fused-ring (bicyclic) bond motifs is 1. The molecule has 0 aromatic heterocycles. The SMILES string of the molecule is O=C(CCc1ccc(C23CC4CC(CC(C4)C2)C3)cc1)C1Cc2ccc(C34CC5CC(CC(C5)C3)C4)cc2C1=O. The Hall–Kier alpha value is -2.22. The summed E-state index contributed by atoms with van der Waals surface area (Å²) in [5.74, 6) is 5.34. The number of Topliss-reactive ketones (excluding diaryl/α,β-unsaturated/α-hetero) is 2. The number of ketones is 2. The third-order valence-electron chi connectivity index (χ3n) is 13.4. The van der Waals surface area contributed by atoms with Crippen LogP contribution in [0.2, 0.25) is 0 Å². The van der Waals surface area contributed by atoms with Crippen molar-refractivity contribution >= 4 is 11.6 Å². The van der Waals surface area contributed by atoms with Gasteiger partial charge in [-0.25, -0.2) is 0 Å². The molecule has 8 bridgehead atoms. The molecule has 11 rings (SSSR count). The summed E-state index contributed by atoms with van der Waals surface area (Å²) in [7, 11) is 0. The van der Waals surface area contributed by atoms with Crippen molar-refractivity contribution in [2.24, 2.45) is 41.4 Å². The van der Waals surface area contributed by atoms with Gasteiger partial charge in [-0.2, -0.15) is 0 Å². The fourth-order valence-electron chi connectivity index (χ4n) is 12.5. The van der Waals surface area contributed by atoms with E-state index in [0.29, 0.717) is 23.7 Å². The molecule has 2 heteroatoms. The molecule has 2 aromatic rings. The Balaban J connectivity index is 0.871. The summed E-state index contributed by atoms with van der Waals surface area (Å²) < 4.78 is 0. The fraction of sp³-hybridized carbons (Fsp3) is 0.632. The zero-order valence-corrected chi connectivity index (χ0v) is 24.0. The maximum atomic E-state index is 13.6. The Bertz CT molecular complexity index is 1310. The van der Waals surface area contributed by atoms with Crippen molar-refractivity contribution in [3.8, 4) is 0 Å². The van der Waals surface area contributed by atoms with Crippen LogP contribution in [0.3, 0.4) is 0 Å². The first kappa shape index (κ1) is 24.4. The standard InChI is InChI=1S/C38H44O2/c39-35(8-3-23-1-5-31(6-2-23)37-17-24-9-25(18-37)11-26(10-24)19-37)34-15-30-4-7-32(16-33(30)36(34)40)38-20-27-12-28(21-38)14-29(13-27)22-38/h1-2,4-7,16,24-29,34H,3,8-15,17-22H2. The second kappa shape index (κ2) is 8.65. The van der Waals surface area contributed by atoms with E-state index in [1.165, 1.54) is 88.2 Å². The molecule has 0 aliphatic heterocycles. The van der Waals surface area contributed by atoms with E-state index in [0.717, 1.165) is 53.1 Å². The van der Waals surface area contributed by atoms with Gasteiger partial charge in [0.05, 0.1) is 5.92 Å². The summed E-state index contributed by atoms with van der Waals surface area (Å²) in [6.07, 6.45) is 18.7. The zero-order valence-electron chi connectivity index (χ0n) is 24.0. The van der Waals surface area contributed by atoms with Gasteiger partial charge in [-0.05, 0) is 165 Å². The average Bonchev–Trinajstić information content (AvgIpc) is 3.26. The molecule has 0 saturated heterocycles. The second-order valence-corrected chi connectivity index (χ2v) is 16.1. The van der Waals surface area contributed by atoms with E-state index >= 15 is 0 Å². The highest BCUT2D eigenvalue weighted by Gasteiger charge is 2.53. The summed E-state index contributed by atoms with van der Waals surface area (Å²) in [5, 5.41) is 0. The van der Waals surface area contributed by atoms with Gasteiger partial charge in [0.25, 0.3) is 0 Å². The number of carbonyl (C=O) groups excluding carboxylic acids is 2. The van der Waals surface area contributed by atoms with E-state index in [2.05, 4.69) is 42.5 Å². The predicted octanol–water partition coefficient (Wildman–Crippen LogP) is 8.18. The molecule has 0 heterocycles. The summed E-state index contributed by atoms with van der Waals surface area (Å²) in [6.45, 7) is 0. The maximum absolute atomic E-state index is 13.6. The van der Waals surface area contributed by atoms with Crippen molar-refractivity contribution in [1.29, 1.82) is 0 Å². The van der Waals surface area contributed by atoms with Crippen LogP contribution in [0.1, 0.15) is 116 Å². The van der Waals surface area contributed by atoms with Crippen LogP contribution in [0.25, 0.3) is 0 Å². The van der Waals surface area contributed by atoms with Crippen LogP contribution in [-0.2, 0) is 28.5 Å². The first-order chi connectivity index (χ1) is 19.4. The van der Waals surface area contributed by atoms with Crippen LogP contribution < -0.4 is 0 Å². The van der Waals surface area contributed by atoms with Crippen LogP contribution in [0.15, 0.2) is 42.5 Å². The van der Waals surface area contributed by atoms with E-state index in [4.69, 9.17) is 0 Å². The molecule has 8 fully saturated rings. The highest BCUT2D eigenvalue weighted by molar-refractivity contribution is 6.14. The van der Waals surface area contributed by atoms with Gasteiger partial charge < -0.3 is 0 Å². The van der Waals surface area contributed by atoms with Crippen molar-refractivity contribution < 1.29 is 9.59 Å². The monoisotopic (exact) mass is 532 g/mol. The molecule has 208 valence electrons. The highest BCUT2D eigenvalue weighted by Crippen LogP contribution is 2.62. The van der Waals surface area contributed by atoms with Gasteiger partial charge in [-0.15, -0.1) is 0 Å². The molecular weight excluding hydrogens is 488 g/mol. The molecule has 2 nitrogen and oxygen atoms in total. The first-order valence-corrected chi connectivity index (χ1v) is 16.7. The topological polar surface area (TPSA) is 34.1 Å². The lowest BCUT2D eigenvalue weighted by molar-refractivity contribution is -0.121. The molecule has 0 amide bonds. The molecule has 8 saturated carbocycles. The molecule has 1 atom stereocenters. The molecule has 9 aliphatic rings. The third kappa shape index (κ3) is 3.73. The molecule has 40 heavy (non-hydrogen) atoms. The highest BCUT2D eigenvalue weighted by atomic mass is 16.2. The van der Waals surface area contributed by atoms with Gasteiger partial charge in [0.1, 0.15) is 5.78 Å². The Morgan fingerprint density at radius 3 is 1.65 bits per heavy atom. The van der Waals surface area contributed by atoms with Gasteiger partial charge in [-0.3, -0.25) is 9.59 Å². The summed E-state index contributed by atoms with van der Waals surface area (Å²) in [5.41, 5.74) is 6.91. The molecule has 0 N–H and O–H groups in total. The Morgan fingerprint density at radius 2 is 1.12 bits per heavy atom. The van der Waals surface area contributed by atoms with E-state index in [1.54, 1.807) is 5.56 Å². The van der Waals surface area contributed by atoms with Gasteiger partial charge >= 0.3 is 0 Å². The molecule has 2 aromatic carbocycles. The largest absolute Gasteiger partial charge is 0.299 e. The maximum Gasteiger partial charge on any atom is 0.173 e. The van der Waals surface area contributed by atoms with Gasteiger partial charge in [0.15, 0.2) is 5.78 Å². The van der Waals surface area contributed by atoms with Crippen molar-refractivity contribution in [2.45, 2.75) is 107 Å². The third-order valence-corrected chi connectivity index (χ3v) is 13.4. The van der Waals surface area contributed by atoms with Crippen LogP contribution in [0.5, 0.6) is 0 Å². The smallest absolute Gasteiger partial charge is 0.173 e. The number of hydrogen-bond acceptors (Lipinski definition) is 2. The molecule has 0 radical (unpaired) electrons. The lowest BCUT2D eigenvalue weighted by Gasteiger charge is -2.57. The Kier molecular flexibility index (Phi) is 5.27. The Labute approximate surface area is 239 Å². The second-order valence-electron chi connectivity index (χ2n) is 16.1. The fourth-order valence-corrected chi connectivity index (χ4v) is 12.5. The lowest BCUT2D eigenvalue weighted by Crippen LogP contribution is -2.48. The number of benzene rings is 2. The normalized spacial score (nSPS) is 42.0. The quantitative estimate of drug-likeness (QED) is 0.352. The number of rotatable bonds is 6. The summed E-state index contributed by atoms with van der Waals surface area (Å²) >= 11 is 0. The van der Waals surface area contributed by atoms with Crippen LogP contribution in [0.4, 0.5) is 0 Å². The summed E-state index contributed by atoms with van der Waals surface area (Å²) in [6, 6.07) is 16.1. The van der Waals surface area contributed by atoms with E-state index in [-0.39, 0.29) is 11.6 Å². The molecule has 0 spiro atoms.